The number of alkyl halides is 5. The van der Waals surface area contributed by atoms with Gasteiger partial charge in [0, 0.05) is 12.1 Å². The number of hydrogen-bond acceptors (Lipinski definition) is 1. The van der Waals surface area contributed by atoms with E-state index in [0.29, 0.717) is 6.54 Å². The maximum Gasteiger partial charge on any atom is 0.458 e. The lowest BCUT2D eigenvalue weighted by Gasteiger charge is -2.26. The molecule has 0 radical (unpaired) electrons. The van der Waals surface area contributed by atoms with Gasteiger partial charge < -0.3 is 0 Å². The molecule has 112 valence electrons. The topological polar surface area (TPSA) is 3.24 Å². The Hall–Kier alpha value is -1.17. The fourth-order valence-corrected chi connectivity index (χ4v) is 2.36. The van der Waals surface area contributed by atoms with Crippen molar-refractivity contribution < 1.29 is 22.0 Å². The highest BCUT2D eigenvalue weighted by molar-refractivity contribution is 5.27. The Labute approximate surface area is 114 Å². The van der Waals surface area contributed by atoms with E-state index in [1.807, 2.05) is 0 Å². The lowest BCUT2D eigenvalue weighted by Crippen LogP contribution is -2.33. The molecule has 1 aromatic carbocycles. The van der Waals surface area contributed by atoms with Gasteiger partial charge in [-0.3, -0.25) is 4.90 Å². The zero-order valence-electron chi connectivity index (χ0n) is 10.9. The second-order valence-electron chi connectivity index (χ2n) is 5.11. The van der Waals surface area contributed by atoms with E-state index >= 15 is 0 Å². The maximum atomic E-state index is 13.1. The molecule has 1 aromatic rings. The third-order valence-corrected chi connectivity index (χ3v) is 3.53. The normalized spacial score (nSPS) is 18.2. The Morgan fingerprint density at radius 3 is 1.90 bits per heavy atom. The molecule has 1 saturated heterocycles. The van der Waals surface area contributed by atoms with Gasteiger partial charge in [0.1, 0.15) is 0 Å². The molecule has 0 aliphatic carbocycles. The van der Waals surface area contributed by atoms with Gasteiger partial charge in [-0.15, -0.1) is 0 Å². The van der Waals surface area contributed by atoms with Crippen molar-refractivity contribution in [2.24, 2.45) is 0 Å². The molecule has 1 heterocycles. The maximum absolute atomic E-state index is 13.1. The van der Waals surface area contributed by atoms with E-state index in [1.165, 1.54) is 18.6 Å². The third-order valence-electron chi connectivity index (χ3n) is 3.53. The first kappa shape index (κ1) is 15.2. The summed E-state index contributed by atoms with van der Waals surface area (Å²) in [4.78, 5) is 2.18. The van der Waals surface area contributed by atoms with Crippen LogP contribution in [0, 0.1) is 0 Å². The number of halogens is 5. The van der Waals surface area contributed by atoms with Gasteiger partial charge in [0.2, 0.25) is 0 Å². The summed E-state index contributed by atoms with van der Waals surface area (Å²) in [6.07, 6.45) is -2.16. The van der Waals surface area contributed by atoms with Crippen molar-refractivity contribution in [1.82, 2.24) is 4.90 Å². The Bertz CT molecular complexity index is 432. The average molecular weight is 293 g/mol. The summed E-state index contributed by atoms with van der Waals surface area (Å²) in [5.74, 6) is -4.79. The molecule has 2 rings (SSSR count). The highest BCUT2D eigenvalue weighted by Crippen LogP contribution is 2.43. The molecule has 6 heteroatoms. The van der Waals surface area contributed by atoms with Crippen LogP contribution < -0.4 is 0 Å². The lowest BCUT2D eigenvalue weighted by atomic mass is 10.0. The van der Waals surface area contributed by atoms with Gasteiger partial charge in [-0.25, -0.2) is 0 Å². The molecule has 0 amide bonds. The molecule has 0 bridgehead atoms. The minimum atomic E-state index is -5.55. The van der Waals surface area contributed by atoms with Gasteiger partial charge in [-0.2, -0.15) is 22.0 Å². The summed E-state index contributed by atoms with van der Waals surface area (Å²) in [5.41, 5.74) is -0.249. The summed E-state index contributed by atoms with van der Waals surface area (Å²) < 4.78 is 62.9. The highest BCUT2D eigenvalue weighted by Gasteiger charge is 2.58. The number of nitrogens with zero attached hydrogens (tertiary/aromatic N) is 1. The third kappa shape index (κ3) is 3.29. The number of piperidine rings is 1. The molecule has 20 heavy (non-hydrogen) atoms. The van der Waals surface area contributed by atoms with E-state index in [9.17, 15) is 22.0 Å². The highest BCUT2D eigenvalue weighted by atomic mass is 19.4. The Balaban J connectivity index is 2.06. The van der Waals surface area contributed by atoms with Crippen molar-refractivity contribution in [3.05, 3.63) is 35.4 Å². The van der Waals surface area contributed by atoms with Crippen LogP contribution in [0.3, 0.4) is 0 Å². The molecular formula is C14H16F5N. The van der Waals surface area contributed by atoms with Gasteiger partial charge in [-0.1, -0.05) is 30.7 Å². The monoisotopic (exact) mass is 293 g/mol. The fourth-order valence-electron chi connectivity index (χ4n) is 2.36. The van der Waals surface area contributed by atoms with E-state index in [0.717, 1.165) is 43.6 Å². The van der Waals surface area contributed by atoms with Crippen molar-refractivity contribution in [3.8, 4) is 0 Å². The van der Waals surface area contributed by atoms with Crippen LogP contribution in [-0.4, -0.2) is 24.2 Å². The molecule has 0 saturated carbocycles. The van der Waals surface area contributed by atoms with Crippen LogP contribution in [0.1, 0.15) is 30.4 Å². The first-order chi connectivity index (χ1) is 9.30. The summed E-state index contributed by atoms with van der Waals surface area (Å²) in [6, 6.07) is 4.44. The quantitative estimate of drug-likeness (QED) is 0.750. The van der Waals surface area contributed by atoms with Gasteiger partial charge in [0.05, 0.1) is 0 Å². The number of benzene rings is 1. The van der Waals surface area contributed by atoms with E-state index in [2.05, 4.69) is 4.90 Å². The van der Waals surface area contributed by atoms with E-state index in [-0.39, 0.29) is 0 Å². The van der Waals surface area contributed by atoms with Crippen molar-refractivity contribution in [3.63, 3.8) is 0 Å². The van der Waals surface area contributed by atoms with Crippen LogP contribution >= 0.6 is 0 Å². The predicted octanol–water partition coefficient (Wildman–Crippen LogP) is 4.33. The summed E-state index contributed by atoms with van der Waals surface area (Å²) in [6.45, 7) is 2.48. The van der Waals surface area contributed by atoms with Crippen LogP contribution in [0.15, 0.2) is 24.3 Å². The summed E-state index contributed by atoms with van der Waals surface area (Å²) >= 11 is 0. The lowest BCUT2D eigenvalue weighted by molar-refractivity contribution is -0.289. The van der Waals surface area contributed by atoms with Crippen molar-refractivity contribution in [2.45, 2.75) is 37.9 Å². The van der Waals surface area contributed by atoms with Crippen LogP contribution in [0.2, 0.25) is 0 Å². The van der Waals surface area contributed by atoms with E-state index in [4.69, 9.17) is 0 Å². The predicted molar refractivity (Wildman–Crippen MR) is 65.5 cm³/mol. The van der Waals surface area contributed by atoms with E-state index in [1.54, 1.807) is 0 Å². The first-order valence-electron chi connectivity index (χ1n) is 6.57. The zero-order chi connectivity index (χ0) is 14.8. The number of rotatable bonds is 3. The van der Waals surface area contributed by atoms with Crippen LogP contribution in [0.5, 0.6) is 0 Å². The number of hydrogen-bond donors (Lipinski definition) is 0. The number of likely N-dealkylation sites (tertiary alicyclic amines) is 1. The minimum Gasteiger partial charge on any atom is -0.299 e. The molecule has 1 aliphatic rings. The van der Waals surface area contributed by atoms with Crippen LogP contribution in [0.25, 0.3) is 0 Å². The van der Waals surface area contributed by atoms with Gasteiger partial charge >= 0.3 is 12.1 Å². The second-order valence-corrected chi connectivity index (χ2v) is 5.11. The van der Waals surface area contributed by atoms with Crippen LogP contribution in [-0.2, 0) is 12.5 Å². The smallest absolute Gasteiger partial charge is 0.299 e. The van der Waals surface area contributed by atoms with Gasteiger partial charge in [0.25, 0.3) is 0 Å². The largest absolute Gasteiger partial charge is 0.458 e. The van der Waals surface area contributed by atoms with Gasteiger partial charge in [0.15, 0.2) is 0 Å². The molecule has 1 fully saturated rings. The summed E-state index contributed by atoms with van der Waals surface area (Å²) in [5, 5.41) is 0. The molecule has 0 aromatic heterocycles. The average Bonchev–Trinajstić information content (AvgIpc) is 2.39. The zero-order valence-corrected chi connectivity index (χ0v) is 10.9. The van der Waals surface area contributed by atoms with E-state index < -0.39 is 17.7 Å². The fraction of sp³-hybridized carbons (Fsp3) is 0.571. The van der Waals surface area contributed by atoms with Gasteiger partial charge in [-0.05, 0) is 31.5 Å². The SMILES string of the molecule is FC(F)(F)C(F)(F)c1ccc(CN2CCCCC2)cc1. The summed E-state index contributed by atoms with van der Waals surface area (Å²) in [7, 11) is 0. The molecular weight excluding hydrogens is 277 g/mol. The molecule has 1 aliphatic heterocycles. The molecule has 0 spiro atoms. The second kappa shape index (κ2) is 5.68. The van der Waals surface area contributed by atoms with Crippen molar-refractivity contribution in [2.75, 3.05) is 13.1 Å². The Morgan fingerprint density at radius 2 is 1.40 bits per heavy atom. The Kier molecular flexibility index (Phi) is 4.32. The molecule has 0 unspecified atom stereocenters. The first-order valence-corrected chi connectivity index (χ1v) is 6.57. The molecule has 0 atom stereocenters. The van der Waals surface area contributed by atoms with Crippen LogP contribution in [0.4, 0.5) is 22.0 Å². The standard InChI is InChI=1S/C14H16F5N/c15-13(16,14(17,18)19)12-6-4-11(5-7-12)10-20-8-2-1-3-9-20/h4-7H,1-3,8-10H2. The Morgan fingerprint density at radius 1 is 0.850 bits per heavy atom. The molecule has 0 N–H and O–H groups in total. The van der Waals surface area contributed by atoms with Crippen molar-refractivity contribution in [1.29, 1.82) is 0 Å². The minimum absolute atomic E-state index is 0.595. The molecule has 1 nitrogen and oxygen atoms in total. The van der Waals surface area contributed by atoms with Crippen molar-refractivity contribution >= 4 is 0 Å².